The Balaban J connectivity index is 0.00000112. The Bertz CT molecular complexity index is 1510. The molecule has 2 aromatic carbocycles. The first-order valence-corrected chi connectivity index (χ1v) is 14.7. The van der Waals surface area contributed by atoms with E-state index in [4.69, 9.17) is 42.9 Å². The highest BCUT2D eigenvalue weighted by atomic mass is 35.5. The van der Waals surface area contributed by atoms with E-state index < -0.39 is 0 Å². The molecule has 1 fully saturated rings. The Morgan fingerprint density at radius 2 is 1.82 bits per heavy atom. The molecule has 5 rings (SSSR count). The fourth-order valence-corrected chi connectivity index (χ4v) is 7.46. The molecule has 8 nitrogen and oxygen atoms in total. The third-order valence-electron chi connectivity index (χ3n) is 6.37. The molecule has 4 aromatic rings. The van der Waals surface area contributed by atoms with Crippen LogP contribution in [0.5, 0.6) is 0 Å². The lowest BCUT2D eigenvalue weighted by atomic mass is 10.0. The third kappa shape index (κ3) is 7.15. The fourth-order valence-electron chi connectivity index (χ4n) is 4.44. The van der Waals surface area contributed by atoms with Crippen LogP contribution in [0.4, 0.5) is 5.69 Å². The van der Waals surface area contributed by atoms with Gasteiger partial charge >= 0.3 is 6.15 Å². The maximum atomic E-state index is 11.5. The smallest absolute Gasteiger partial charge is 0.258 e. The van der Waals surface area contributed by atoms with Crippen molar-refractivity contribution in [2.45, 2.75) is 54.9 Å². The molecule has 0 spiro atoms. The van der Waals surface area contributed by atoms with Crippen molar-refractivity contribution in [3.8, 4) is 16.4 Å². The van der Waals surface area contributed by atoms with Crippen LogP contribution >= 0.6 is 46.3 Å². The van der Waals surface area contributed by atoms with E-state index >= 15 is 0 Å². The minimum atomic E-state index is -0.339. The van der Waals surface area contributed by atoms with Crippen molar-refractivity contribution in [2.24, 2.45) is 0 Å². The predicted octanol–water partition coefficient (Wildman–Crippen LogP) is 7.95. The fraction of sp³-hybridized carbons (Fsp3) is 0.296. The number of para-hydroxylation sites is 1. The molecule has 1 aliphatic rings. The maximum absolute atomic E-state index is 11.5. The summed E-state index contributed by atoms with van der Waals surface area (Å²) in [6, 6.07) is 12.4. The molecule has 2 aromatic heterocycles. The number of nitro benzene ring substituents is 1. The second kappa shape index (κ2) is 13.4. The number of rotatable bonds is 7. The van der Waals surface area contributed by atoms with Crippen LogP contribution in [0.2, 0.25) is 10.0 Å². The van der Waals surface area contributed by atoms with Gasteiger partial charge < -0.3 is 0 Å². The zero-order valence-corrected chi connectivity index (χ0v) is 24.1. The second-order valence-corrected chi connectivity index (χ2v) is 12.3. The Morgan fingerprint density at radius 1 is 1.10 bits per heavy atom. The van der Waals surface area contributed by atoms with Crippen molar-refractivity contribution < 1.29 is 14.5 Å². The summed E-state index contributed by atoms with van der Waals surface area (Å²) in [7, 11) is 0. The standard InChI is InChI=1S/C26H24Cl2N4O2S2.CO2/c1-16-19(13-17-7-5-6-10-23(17)32(33)34)15-31(30-16)26-29-24(18-11-12-21(27)22(28)14-18)25(36-26)35-20-8-3-2-4-9-20;2-1-3/h5-7,10-12,14-15,20H,2-4,8-9,13H2,1H3;. The van der Waals surface area contributed by atoms with Gasteiger partial charge in [0, 0.05) is 35.1 Å². The van der Waals surface area contributed by atoms with Crippen molar-refractivity contribution >= 4 is 58.1 Å². The maximum Gasteiger partial charge on any atom is 0.373 e. The van der Waals surface area contributed by atoms with Gasteiger partial charge in [0.2, 0.25) is 5.13 Å². The van der Waals surface area contributed by atoms with Gasteiger partial charge in [-0.1, -0.05) is 78.1 Å². The average Bonchev–Trinajstić information content (AvgIpc) is 3.50. The molecule has 0 radical (unpaired) electrons. The summed E-state index contributed by atoms with van der Waals surface area (Å²) in [5.41, 5.74) is 4.34. The van der Waals surface area contributed by atoms with Gasteiger partial charge in [0.25, 0.3) is 5.69 Å². The molecule has 0 aliphatic heterocycles. The first-order valence-electron chi connectivity index (χ1n) is 12.2. The van der Waals surface area contributed by atoms with Crippen molar-refractivity contribution in [1.82, 2.24) is 14.8 Å². The van der Waals surface area contributed by atoms with Crippen molar-refractivity contribution in [3.63, 3.8) is 0 Å². The summed E-state index contributed by atoms with van der Waals surface area (Å²) < 4.78 is 2.93. The molecule has 0 amide bonds. The van der Waals surface area contributed by atoms with E-state index in [0.29, 0.717) is 27.3 Å². The minimum Gasteiger partial charge on any atom is -0.258 e. The van der Waals surface area contributed by atoms with Gasteiger partial charge in [-0.25, -0.2) is 9.67 Å². The SMILES string of the molecule is Cc1nn(-c2nc(-c3ccc(Cl)c(Cl)c3)c(SC3CCCCC3)s2)cc1Cc1ccccc1[N+](=O)[O-].O=C=O. The van der Waals surface area contributed by atoms with Gasteiger partial charge in [0.15, 0.2) is 0 Å². The Kier molecular flexibility index (Phi) is 9.94. The van der Waals surface area contributed by atoms with Crippen molar-refractivity contribution in [1.29, 1.82) is 0 Å². The molecule has 12 heteroatoms. The molecule has 1 aliphatic carbocycles. The van der Waals surface area contributed by atoms with E-state index in [2.05, 4.69) is 0 Å². The molecule has 39 heavy (non-hydrogen) atoms. The summed E-state index contributed by atoms with van der Waals surface area (Å²) in [4.78, 5) is 32.4. The average molecular weight is 604 g/mol. The molecular weight excluding hydrogens is 579 g/mol. The summed E-state index contributed by atoms with van der Waals surface area (Å²) in [6.45, 7) is 1.92. The molecule has 2 heterocycles. The number of carbonyl (C=O) groups excluding carboxylic acids is 2. The van der Waals surface area contributed by atoms with Gasteiger partial charge in [0.1, 0.15) is 0 Å². The third-order valence-corrected chi connectivity index (χ3v) is 9.70. The summed E-state index contributed by atoms with van der Waals surface area (Å²) in [5, 5.41) is 18.5. The van der Waals surface area contributed by atoms with E-state index in [9.17, 15) is 10.1 Å². The van der Waals surface area contributed by atoms with Gasteiger partial charge in [-0.2, -0.15) is 14.7 Å². The number of halogens is 2. The molecule has 0 bridgehead atoms. The summed E-state index contributed by atoms with van der Waals surface area (Å²) in [6.07, 6.45) is 8.85. The number of nitro groups is 1. The first kappa shape index (κ1) is 29.0. The summed E-state index contributed by atoms with van der Waals surface area (Å²) in [5.74, 6) is 0. The number of nitrogens with zero attached hydrogens (tertiary/aromatic N) is 4. The number of hydrogen-bond donors (Lipinski definition) is 0. The van der Waals surface area contributed by atoms with E-state index in [1.807, 2.05) is 43.1 Å². The quantitative estimate of drug-likeness (QED) is 0.156. The lowest BCUT2D eigenvalue weighted by Crippen LogP contribution is -2.07. The number of thiazole rings is 1. The Morgan fingerprint density at radius 3 is 2.51 bits per heavy atom. The predicted molar refractivity (Wildman–Crippen MR) is 153 cm³/mol. The number of benzene rings is 2. The van der Waals surface area contributed by atoms with E-state index in [-0.39, 0.29) is 16.8 Å². The Labute approximate surface area is 243 Å². The van der Waals surface area contributed by atoms with Crippen LogP contribution in [-0.4, -0.2) is 31.1 Å². The Hall–Kier alpha value is -3.01. The van der Waals surface area contributed by atoms with Crippen molar-refractivity contribution in [2.75, 3.05) is 0 Å². The van der Waals surface area contributed by atoms with Crippen molar-refractivity contribution in [3.05, 3.63) is 85.6 Å². The number of aromatic nitrogens is 3. The van der Waals surface area contributed by atoms with Crippen LogP contribution in [0.15, 0.2) is 52.9 Å². The highest BCUT2D eigenvalue weighted by Crippen LogP contribution is 2.44. The molecule has 0 atom stereocenters. The van der Waals surface area contributed by atoms with Gasteiger partial charge in [-0.3, -0.25) is 10.1 Å². The summed E-state index contributed by atoms with van der Waals surface area (Å²) >= 11 is 16.0. The molecule has 0 saturated heterocycles. The van der Waals surface area contributed by atoms with E-state index in [1.165, 1.54) is 38.2 Å². The van der Waals surface area contributed by atoms with E-state index in [1.54, 1.807) is 34.2 Å². The topological polar surface area (TPSA) is 108 Å². The first-order chi connectivity index (χ1) is 18.8. The lowest BCUT2D eigenvalue weighted by Gasteiger charge is -2.20. The zero-order chi connectivity index (χ0) is 27.9. The molecule has 202 valence electrons. The molecule has 1 saturated carbocycles. The molecule has 0 N–H and O–H groups in total. The molecule has 0 unspecified atom stereocenters. The van der Waals surface area contributed by atoms with Crippen LogP contribution in [0.1, 0.15) is 48.9 Å². The lowest BCUT2D eigenvalue weighted by molar-refractivity contribution is -0.385. The van der Waals surface area contributed by atoms with E-state index in [0.717, 1.165) is 31.9 Å². The highest BCUT2D eigenvalue weighted by molar-refractivity contribution is 8.01. The van der Waals surface area contributed by atoms with Crippen LogP contribution in [0.3, 0.4) is 0 Å². The van der Waals surface area contributed by atoms with Gasteiger partial charge in [0.05, 0.1) is 30.6 Å². The number of hydrogen-bond acceptors (Lipinski definition) is 8. The van der Waals surface area contributed by atoms with Crippen LogP contribution in [0.25, 0.3) is 16.4 Å². The zero-order valence-electron chi connectivity index (χ0n) is 20.9. The highest BCUT2D eigenvalue weighted by Gasteiger charge is 2.23. The second-order valence-electron chi connectivity index (χ2n) is 8.97. The number of aryl methyl sites for hydroxylation is 1. The van der Waals surface area contributed by atoms with Gasteiger partial charge in [-0.05, 0) is 37.5 Å². The van der Waals surface area contributed by atoms with Crippen LogP contribution < -0.4 is 0 Å². The minimum absolute atomic E-state index is 0.118. The number of thioether (sulfide) groups is 1. The monoisotopic (exact) mass is 602 g/mol. The molecular formula is C27H24Cl2N4O4S2. The van der Waals surface area contributed by atoms with Gasteiger partial charge in [-0.15, -0.1) is 11.8 Å². The van der Waals surface area contributed by atoms with Crippen LogP contribution in [-0.2, 0) is 16.0 Å². The largest absolute Gasteiger partial charge is 0.373 e. The normalized spacial score (nSPS) is 13.4. The van der Waals surface area contributed by atoms with Crippen LogP contribution in [0, 0.1) is 17.0 Å².